The fraction of sp³-hybridized carbons (Fsp3) is 0.857. The van der Waals surface area contributed by atoms with Gasteiger partial charge < -0.3 is 15.2 Å². The van der Waals surface area contributed by atoms with E-state index < -0.39 is 0 Å². The number of carbonyl (C=O) groups excluding carboxylic acids is 2. The summed E-state index contributed by atoms with van der Waals surface area (Å²) in [4.78, 5) is 25.5. The van der Waals surface area contributed by atoms with Gasteiger partial charge >= 0.3 is 5.97 Å². The lowest BCUT2D eigenvalue weighted by Gasteiger charge is -2.29. The molecule has 0 spiro atoms. The maximum atomic E-state index is 12.2. The molecule has 0 fully saturated rings. The first-order valence-corrected chi connectivity index (χ1v) is 7.14. The van der Waals surface area contributed by atoms with E-state index in [-0.39, 0.29) is 43.4 Å². The molecular weight excluding hydrogens is 260 g/mol. The van der Waals surface area contributed by atoms with E-state index in [2.05, 4.69) is 5.32 Å². The number of likely N-dealkylation sites (N-methyl/N-ethyl adjacent to an activating group) is 1. The standard InChI is InChI=1S/C14H28N2O4/c1-5-8-20-13(19)10-16(4)14(11(2)3)12(18)9-15-6-7-17/h11,14-15,17H,5-10H2,1-4H3/t14-/m1/s1. The van der Waals surface area contributed by atoms with E-state index in [4.69, 9.17) is 9.84 Å². The van der Waals surface area contributed by atoms with E-state index in [1.54, 1.807) is 11.9 Å². The van der Waals surface area contributed by atoms with Crippen molar-refractivity contribution < 1.29 is 19.4 Å². The van der Waals surface area contributed by atoms with Gasteiger partial charge in [0.2, 0.25) is 0 Å². The van der Waals surface area contributed by atoms with Crippen LogP contribution in [-0.4, -0.2) is 67.7 Å². The third-order valence-corrected chi connectivity index (χ3v) is 2.87. The predicted octanol–water partition coefficient (Wildman–Crippen LogP) is 0.0470. The Labute approximate surface area is 121 Å². The number of nitrogens with zero attached hydrogens (tertiary/aromatic N) is 1. The molecule has 6 nitrogen and oxygen atoms in total. The zero-order valence-corrected chi connectivity index (χ0v) is 13.0. The molecule has 1 atom stereocenters. The van der Waals surface area contributed by atoms with Gasteiger partial charge in [0.25, 0.3) is 0 Å². The van der Waals surface area contributed by atoms with Crippen molar-refractivity contribution in [3.05, 3.63) is 0 Å². The van der Waals surface area contributed by atoms with Crippen LogP contribution in [0.15, 0.2) is 0 Å². The second-order valence-corrected chi connectivity index (χ2v) is 5.19. The van der Waals surface area contributed by atoms with E-state index in [1.165, 1.54) is 0 Å². The minimum absolute atomic E-state index is 0.00118. The number of hydrogen-bond donors (Lipinski definition) is 2. The summed E-state index contributed by atoms with van der Waals surface area (Å²) in [7, 11) is 1.75. The average molecular weight is 288 g/mol. The number of aliphatic hydroxyl groups excluding tert-OH is 1. The van der Waals surface area contributed by atoms with Crippen LogP contribution in [0.4, 0.5) is 0 Å². The van der Waals surface area contributed by atoms with E-state index in [0.29, 0.717) is 13.2 Å². The molecule has 0 aliphatic carbocycles. The molecule has 2 N–H and O–H groups in total. The maximum Gasteiger partial charge on any atom is 0.320 e. The molecule has 0 amide bonds. The molecule has 0 aliphatic heterocycles. The minimum atomic E-state index is -0.338. The topological polar surface area (TPSA) is 78.9 Å². The molecule has 0 rings (SSSR count). The van der Waals surface area contributed by atoms with Gasteiger partial charge in [-0.3, -0.25) is 14.5 Å². The van der Waals surface area contributed by atoms with Gasteiger partial charge in [-0.25, -0.2) is 0 Å². The Hall–Kier alpha value is -0.980. The summed E-state index contributed by atoms with van der Waals surface area (Å²) < 4.78 is 5.03. The van der Waals surface area contributed by atoms with E-state index in [1.807, 2.05) is 20.8 Å². The Morgan fingerprint density at radius 2 is 2.00 bits per heavy atom. The van der Waals surface area contributed by atoms with Crippen molar-refractivity contribution in [2.45, 2.75) is 33.2 Å². The van der Waals surface area contributed by atoms with Crippen LogP contribution in [0.2, 0.25) is 0 Å². The summed E-state index contributed by atoms with van der Waals surface area (Å²) in [5.41, 5.74) is 0. The smallest absolute Gasteiger partial charge is 0.320 e. The Morgan fingerprint density at radius 3 is 2.50 bits per heavy atom. The lowest BCUT2D eigenvalue weighted by Crippen LogP contribution is -2.48. The molecule has 118 valence electrons. The van der Waals surface area contributed by atoms with Crippen molar-refractivity contribution in [2.24, 2.45) is 5.92 Å². The fourth-order valence-electron chi connectivity index (χ4n) is 2.09. The van der Waals surface area contributed by atoms with Crippen LogP contribution in [0.3, 0.4) is 0 Å². The second kappa shape index (κ2) is 10.8. The Morgan fingerprint density at radius 1 is 1.35 bits per heavy atom. The van der Waals surface area contributed by atoms with E-state index in [9.17, 15) is 9.59 Å². The zero-order valence-electron chi connectivity index (χ0n) is 13.0. The number of esters is 1. The largest absolute Gasteiger partial charge is 0.465 e. The summed E-state index contributed by atoms with van der Waals surface area (Å²) in [6.07, 6.45) is 0.785. The van der Waals surface area contributed by atoms with Crippen molar-refractivity contribution in [1.82, 2.24) is 10.2 Å². The van der Waals surface area contributed by atoms with Crippen molar-refractivity contribution in [3.8, 4) is 0 Å². The van der Waals surface area contributed by atoms with Gasteiger partial charge in [-0.1, -0.05) is 20.8 Å². The highest BCUT2D eigenvalue weighted by molar-refractivity contribution is 5.86. The maximum absolute atomic E-state index is 12.2. The van der Waals surface area contributed by atoms with Crippen LogP contribution in [0.5, 0.6) is 0 Å². The molecule has 0 radical (unpaired) electrons. The molecule has 0 aromatic rings. The van der Waals surface area contributed by atoms with Crippen molar-refractivity contribution in [3.63, 3.8) is 0 Å². The first kappa shape index (κ1) is 19.0. The van der Waals surface area contributed by atoms with Crippen molar-refractivity contribution >= 4 is 11.8 Å². The first-order chi connectivity index (χ1) is 9.43. The average Bonchev–Trinajstić information content (AvgIpc) is 2.36. The number of rotatable bonds is 11. The highest BCUT2D eigenvalue weighted by Crippen LogP contribution is 2.10. The van der Waals surface area contributed by atoms with Gasteiger partial charge in [0.15, 0.2) is 5.78 Å². The summed E-state index contributed by atoms with van der Waals surface area (Å²) in [5, 5.41) is 11.6. The van der Waals surface area contributed by atoms with E-state index >= 15 is 0 Å². The van der Waals surface area contributed by atoms with Gasteiger partial charge in [-0.2, -0.15) is 0 Å². The first-order valence-electron chi connectivity index (χ1n) is 7.14. The number of ketones is 1. The third-order valence-electron chi connectivity index (χ3n) is 2.87. The molecule has 0 aromatic heterocycles. The molecule has 0 bridgehead atoms. The molecule has 20 heavy (non-hydrogen) atoms. The molecule has 0 heterocycles. The van der Waals surface area contributed by atoms with E-state index in [0.717, 1.165) is 6.42 Å². The molecule has 0 unspecified atom stereocenters. The van der Waals surface area contributed by atoms with Gasteiger partial charge in [0.1, 0.15) is 0 Å². The SMILES string of the molecule is CCCOC(=O)CN(C)[C@@H](C(=O)CNCCO)C(C)C. The Balaban J connectivity index is 4.42. The molecule has 0 saturated carbocycles. The monoisotopic (exact) mass is 288 g/mol. The summed E-state index contributed by atoms with van der Waals surface area (Å²) in [6.45, 7) is 6.92. The van der Waals surface area contributed by atoms with Crippen LogP contribution in [0.1, 0.15) is 27.2 Å². The molecule has 0 aliphatic rings. The Bertz CT molecular complexity index is 295. The predicted molar refractivity (Wildman–Crippen MR) is 77.5 cm³/mol. The van der Waals surface area contributed by atoms with Crippen LogP contribution >= 0.6 is 0 Å². The van der Waals surface area contributed by atoms with Gasteiger partial charge in [0.05, 0.1) is 32.3 Å². The number of aliphatic hydroxyl groups is 1. The molecule has 6 heteroatoms. The minimum Gasteiger partial charge on any atom is -0.465 e. The fourth-order valence-corrected chi connectivity index (χ4v) is 2.09. The van der Waals surface area contributed by atoms with Gasteiger partial charge in [0, 0.05) is 6.54 Å². The number of carbonyl (C=O) groups is 2. The second-order valence-electron chi connectivity index (χ2n) is 5.19. The molecular formula is C14H28N2O4. The lowest BCUT2D eigenvalue weighted by molar-refractivity contribution is -0.145. The van der Waals surface area contributed by atoms with Gasteiger partial charge in [-0.05, 0) is 19.4 Å². The zero-order chi connectivity index (χ0) is 15.5. The number of nitrogens with one attached hydrogen (secondary N) is 1. The quantitative estimate of drug-likeness (QED) is 0.413. The summed E-state index contributed by atoms with van der Waals surface area (Å²) >= 11 is 0. The highest BCUT2D eigenvalue weighted by Gasteiger charge is 2.27. The van der Waals surface area contributed by atoms with Crippen LogP contribution in [0.25, 0.3) is 0 Å². The van der Waals surface area contributed by atoms with Crippen molar-refractivity contribution in [1.29, 1.82) is 0 Å². The normalized spacial score (nSPS) is 12.8. The summed E-state index contributed by atoms with van der Waals surface area (Å²) in [6, 6.07) is -0.338. The van der Waals surface area contributed by atoms with Gasteiger partial charge in [-0.15, -0.1) is 0 Å². The Kier molecular flexibility index (Phi) is 10.2. The number of Topliss-reactive ketones (excluding diaryl/α,β-unsaturated/α-hetero) is 1. The number of ether oxygens (including phenoxy) is 1. The summed E-state index contributed by atoms with van der Waals surface area (Å²) in [5.74, 6) is -0.197. The lowest BCUT2D eigenvalue weighted by atomic mass is 9.98. The number of hydrogen-bond acceptors (Lipinski definition) is 6. The third kappa shape index (κ3) is 7.57. The molecule has 0 aromatic carbocycles. The van der Waals surface area contributed by atoms with Crippen LogP contribution in [-0.2, 0) is 14.3 Å². The van der Waals surface area contributed by atoms with Crippen LogP contribution < -0.4 is 5.32 Å². The highest BCUT2D eigenvalue weighted by atomic mass is 16.5. The van der Waals surface area contributed by atoms with Crippen molar-refractivity contribution in [2.75, 3.05) is 39.9 Å². The molecule has 0 saturated heterocycles. The van der Waals surface area contributed by atoms with Crippen LogP contribution in [0, 0.1) is 5.92 Å².